The number of nitrogen functional groups attached to an aromatic ring is 1. The zero-order valence-electron chi connectivity index (χ0n) is 16.3. The zero-order valence-corrected chi connectivity index (χ0v) is 16.3. The highest BCUT2D eigenvalue weighted by atomic mass is 19.1. The molecule has 3 aromatic heterocycles. The second kappa shape index (κ2) is 6.31. The van der Waals surface area contributed by atoms with Gasteiger partial charge in [-0.1, -0.05) is 12.1 Å². The van der Waals surface area contributed by atoms with Crippen molar-refractivity contribution in [2.45, 2.75) is 25.7 Å². The van der Waals surface area contributed by atoms with E-state index in [9.17, 15) is 9.18 Å². The third-order valence-corrected chi connectivity index (χ3v) is 5.32. The first kappa shape index (κ1) is 18.2. The standard InChI is InChI=1S/C21H18FN7O/c1-21(2)15-16(23)26-17(27-18(15)28-20(21)30)14-10-29-8-7-24-19(29)13(25-14)9-11-3-5-12(22)6-4-11/h3-8,10H,9H2,1-2H3,(H3,23,26,27,28,30). The first-order valence-corrected chi connectivity index (χ1v) is 9.40. The molecule has 0 atom stereocenters. The Morgan fingerprint density at radius 3 is 2.70 bits per heavy atom. The van der Waals surface area contributed by atoms with E-state index in [1.54, 1.807) is 44.6 Å². The molecule has 4 aromatic rings. The molecular weight excluding hydrogens is 385 g/mol. The molecule has 1 aliphatic heterocycles. The van der Waals surface area contributed by atoms with Crippen molar-refractivity contribution in [1.29, 1.82) is 0 Å². The number of imidazole rings is 1. The van der Waals surface area contributed by atoms with Crippen LogP contribution in [0.5, 0.6) is 0 Å². The molecule has 0 spiro atoms. The lowest BCUT2D eigenvalue weighted by Crippen LogP contribution is -2.27. The SMILES string of the molecule is CC1(C)C(=O)Nc2nc(-c3cn4ccnc4c(Cc4ccc(F)cc4)n3)nc(N)c21. The van der Waals surface area contributed by atoms with E-state index in [1.807, 2.05) is 4.40 Å². The molecule has 8 nitrogen and oxygen atoms in total. The lowest BCUT2D eigenvalue weighted by molar-refractivity contribution is -0.119. The van der Waals surface area contributed by atoms with Crippen LogP contribution in [0.25, 0.3) is 17.2 Å². The first-order chi connectivity index (χ1) is 14.3. The summed E-state index contributed by atoms with van der Waals surface area (Å²) in [7, 11) is 0. The molecule has 0 saturated heterocycles. The molecule has 0 saturated carbocycles. The molecule has 3 N–H and O–H groups in total. The van der Waals surface area contributed by atoms with Crippen molar-refractivity contribution < 1.29 is 9.18 Å². The number of fused-ring (bicyclic) bond motifs is 2. The Hall–Kier alpha value is -3.88. The molecule has 0 unspecified atom stereocenters. The van der Waals surface area contributed by atoms with Crippen molar-refractivity contribution in [1.82, 2.24) is 24.3 Å². The maximum atomic E-state index is 13.3. The van der Waals surface area contributed by atoms with Crippen LogP contribution in [0.3, 0.4) is 0 Å². The van der Waals surface area contributed by atoms with E-state index in [0.29, 0.717) is 40.7 Å². The van der Waals surface area contributed by atoms with Gasteiger partial charge in [-0.15, -0.1) is 0 Å². The molecule has 30 heavy (non-hydrogen) atoms. The molecule has 0 aliphatic carbocycles. The lowest BCUT2D eigenvalue weighted by atomic mass is 9.87. The Kier molecular flexibility index (Phi) is 3.82. The van der Waals surface area contributed by atoms with Gasteiger partial charge in [0.2, 0.25) is 5.91 Å². The van der Waals surface area contributed by atoms with Crippen LogP contribution in [0.2, 0.25) is 0 Å². The Bertz CT molecular complexity index is 1310. The lowest BCUT2D eigenvalue weighted by Gasteiger charge is -2.16. The quantitative estimate of drug-likeness (QED) is 0.544. The number of halogens is 1. The van der Waals surface area contributed by atoms with E-state index >= 15 is 0 Å². The van der Waals surface area contributed by atoms with Gasteiger partial charge in [0, 0.05) is 25.0 Å². The molecule has 0 radical (unpaired) electrons. The van der Waals surface area contributed by atoms with Crippen molar-refractivity contribution in [3.05, 3.63) is 65.5 Å². The zero-order chi connectivity index (χ0) is 21.0. The predicted octanol–water partition coefficient (Wildman–Crippen LogP) is 2.73. The summed E-state index contributed by atoms with van der Waals surface area (Å²) >= 11 is 0. The van der Waals surface area contributed by atoms with Gasteiger partial charge in [0.25, 0.3) is 0 Å². The van der Waals surface area contributed by atoms with Gasteiger partial charge in [-0.25, -0.2) is 24.3 Å². The highest BCUT2D eigenvalue weighted by Gasteiger charge is 2.42. The number of hydrogen-bond acceptors (Lipinski definition) is 6. The highest BCUT2D eigenvalue weighted by molar-refractivity contribution is 6.06. The number of anilines is 2. The molecular formula is C21H18FN7O. The molecule has 5 rings (SSSR count). The van der Waals surface area contributed by atoms with Crippen LogP contribution in [-0.2, 0) is 16.6 Å². The van der Waals surface area contributed by atoms with Crippen LogP contribution < -0.4 is 11.1 Å². The Balaban J connectivity index is 1.62. The van der Waals surface area contributed by atoms with Crippen molar-refractivity contribution in [2.24, 2.45) is 0 Å². The first-order valence-electron chi connectivity index (χ1n) is 9.40. The number of nitrogens with two attached hydrogens (primary N) is 1. The number of aromatic nitrogens is 5. The average molecular weight is 403 g/mol. The van der Waals surface area contributed by atoms with E-state index in [2.05, 4.69) is 20.3 Å². The molecule has 1 aromatic carbocycles. The summed E-state index contributed by atoms with van der Waals surface area (Å²) in [6.45, 7) is 3.56. The van der Waals surface area contributed by atoms with Gasteiger partial charge in [0.15, 0.2) is 11.5 Å². The minimum absolute atomic E-state index is 0.175. The monoisotopic (exact) mass is 403 g/mol. The number of nitrogens with one attached hydrogen (secondary N) is 1. The number of rotatable bonds is 3. The third-order valence-electron chi connectivity index (χ3n) is 5.32. The largest absolute Gasteiger partial charge is 0.383 e. The topological polar surface area (TPSA) is 111 Å². The molecule has 1 amide bonds. The summed E-state index contributed by atoms with van der Waals surface area (Å²) in [6, 6.07) is 6.25. The molecule has 1 aliphatic rings. The number of carbonyl (C=O) groups excluding carboxylic acids is 1. The maximum absolute atomic E-state index is 13.3. The van der Waals surface area contributed by atoms with E-state index in [0.717, 1.165) is 5.56 Å². The van der Waals surface area contributed by atoms with Gasteiger partial charge in [-0.2, -0.15) is 0 Å². The van der Waals surface area contributed by atoms with Crippen molar-refractivity contribution in [3.8, 4) is 11.5 Å². The minimum Gasteiger partial charge on any atom is -0.383 e. The molecule has 9 heteroatoms. The Labute approximate surface area is 171 Å². The normalized spacial score (nSPS) is 14.7. The third kappa shape index (κ3) is 2.78. The van der Waals surface area contributed by atoms with Crippen LogP contribution in [-0.4, -0.2) is 30.2 Å². The average Bonchev–Trinajstić information content (AvgIpc) is 3.26. The number of hydrogen-bond donors (Lipinski definition) is 2. The summed E-state index contributed by atoms with van der Waals surface area (Å²) in [4.78, 5) is 30.3. The van der Waals surface area contributed by atoms with Crippen molar-refractivity contribution in [2.75, 3.05) is 11.1 Å². The second-order valence-corrected chi connectivity index (χ2v) is 7.77. The second-order valence-electron chi connectivity index (χ2n) is 7.77. The molecule has 0 bridgehead atoms. The van der Waals surface area contributed by atoms with Crippen LogP contribution >= 0.6 is 0 Å². The van der Waals surface area contributed by atoms with Crippen molar-refractivity contribution >= 4 is 23.2 Å². The molecule has 4 heterocycles. The molecule has 150 valence electrons. The number of nitrogens with zero attached hydrogens (tertiary/aromatic N) is 5. The number of carbonyl (C=O) groups is 1. The fraction of sp³-hybridized carbons (Fsp3) is 0.190. The predicted molar refractivity (Wildman–Crippen MR) is 109 cm³/mol. The number of amides is 1. The summed E-state index contributed by atoms with van der Waals surface area (Å²) in [5, 5.41) is 2.78. The van der Waals surface area contributed by atoms with Gasteiger partial charge >= 0.3 is 0 Å². The van der Waals surface area contributed by atoms with E-state index in [4.69, 9.17) is 10.7 Å². The Morgan fingerprint density at radius 1 is 1.17 bits per heavy atom. The van der Waals surface area contributed by atoms with Gasteiger partial charge in [0.05, 0.1) is 16.7 Å². The molecule has 0 fully saturated rings. The van der Waals surface area contributed by atoms with Gasteiger partial charge in [0.1, 0.15) is 23.1 Å². The van der Waals surface area contributed by atoms with Crippen LogP contribution in [0.1, 0.15) is 30.7 Å². The van der Waals surface area contributed by atoms with Crippen LogP contribution in [0, 0.1) is 5.82 Å². The fourth-order valence-corrected chi connectivity index (χ4v) is 3.70. The fourth-order valence-electron chi connectivity index (χ4n) is 3.70. The Morgan fingerprint density at radius 2 is 1.93 bits per heavy atom. The summed E-state index contributed by atoms with van der Waals surface area (Å²) < 4.78 is 15.1. The smallest absolute Gasteiger partial charge is 0.235 e. The number of benzene rings is 1. The van der Waals surface area contributed by atoms with Crippen LogP contribution in [0.4, 0.5) is 16.0 Å². The van der Waals surface area contributed by atoms with E-state index in [-0.39, 0.29) is 17.5 Å². The van der Waals surface area contributed by atoms with Crippen molar-refractivity contribution in [3.63, 3.8) is 0 Å². The van der Waals surface area contributed by atoms with E-state index in [1.165, 1.54) is 12.1 Å². The summed E-state index contributed by atoms with van der Waals surface area (Å²) in [5.74, 6) is 0.482. The van der Waals surface area contributed by atoms with Crippen LogP contribution in [0.15, 0.2) is 42.9 Å². The summed E-state index contributed by atoms with van der Waals surface area (Å²) in [6.07, 6.45) is 5.70. The highest BCUT2D eigenvalue weighted by Crippen LogP contribution is 2.40. The summed E-state index contributed by atoms with van der Waals surface area (Å²) in [5.41, 5.74) is 8.75. The van der Waals surface area contributed by atoms with Gasteiger partial charge in [-0.3, -0.25) is 4.79 Å². The van der Waals surface area contributed by atoms with Gasteiger partial charge < -0.3 is 15.5 Å². The van der Waals surface area contributed by atoms with E-state index < -0.39 is 5.41 Å². The van der Waals surface area contributed by atoms with Gasteiger partial charge in [-0.05, 0) is 31.5 Å². The maximum Gasteiger partial charge on any atom is 0.235 e. The minimum atomic E-state index is -0.798.